The Labute approximate surface area is 259 Å². The zero-order chi connectivity index (χ0) is 31.0. The number of likely N-dealkylation sites (N-methyl/N-ethyl adjacent to an activating group) is 1. The predicted molar refractivity (Wildman–Crippen MR) is 165 cm³/mol. The Balaban J connectivity index is 2.14. The van der Waals surface area contributed by atoms with Gasteiger partial charge in [0.2, 0.25) is 11.8 Å². The van der Waals surface area contributed by atoms with E-state index in [1.165, 1.54) is 56.6 Å². The lowest BCUT2D eigenvalue weighted by Crippen LogP contribution is -2.51. The molecule has 0 fully saturated rings. The minimum atomic E-state index is -4.42. The van der Waals surface area contributed by atoms with E-state index in [4.69, 9.17) is 25.8 Å². The van der Waals surface area contributed by atoms with Crippen molar-refractivity contribution in [1.82, 2.24) is 10.2 Å². The molecule has 3 rings (SSSR count). The highest BCUT2D eigenvalue weighted by Crippen LogP contribution is 2.37. The molecule has 0 saturated heterocycles. The van der Waals surface area contributed by atoms with Crippen LogP contribution in [0.5, 0.6) is 17.2 Å². The molecule has 3 aromatic rings. The number of methoxy groups -OCH3 is 3. The third-order valence-corrected chi connectivity index (χ3v) is 8.94. The Bertz CT molecular complexity index is 1520. The van der Waals surface area contributed by atoms with Crippen LogP contribution < -0.4 is 23.8 Å². The number of halogens is 2. The first-order chi connectivity index (χ1) is 20.0. The van der Waals surface area contributed by atoms with Gasteiger partial charge in [0.25, 0.3) is 10.0 Å². The lowest BCUT2D eigenvalue weighted by molar-refractivity contribution is -0.139. The molecule has 1 N–H and O–H groups in total. The van der Waals surface area contributed by atoms with Crippen LogP contribution in [-0.2, 0) is 26.2 Å². The van der Waals surface area contributed by atoms with E-state index in [2.05, 4.69) is 21.2 Å². The highest BCUT2D eigenvalue weighted by molar-refractivity contribution is 9.10. The standard InChI is InChI=1S/C29H33BrClN3O7S/c1-6-32-29(36)19(2)33(17-20-7-9-21(30)10-8-20)28(35)18-34(24-15-22(31)11-13-25(24)39-3)42(37,38)23-12-14-26(40-4)27(16-23)41-5/h7-16,19H,6,17-18H2,1-5H3,(H,32,36)/t19-/m0/s1. The van der Waals surface area contributed by atoms with E-state index < -0.39 is 28.5 Å². The average Bonchev–Trinajstić information content (AvgIpc) is 2.98. The van der Waals surface area contributed by atoms with Crippen molar-refractivity contribution in [3.8, 4) is 17.2 Å². The SMILES string of the molecule is CCNC(=O)[C@H](C)N(Cc1ccc(Br)cc1)C(=O)CN(c1cc(Cl)ccc1OC)S(=O)(=O)c1ccc(OC)c(OC)c1. The van der Waals surface area contributed by atoms with E-state index in [0.29, 0.717) is 12.3 Å². The van der Waals surface area contributed by atoms with Crippen LogP contribution in [-0.4, -0.2) is 65.6 Å². The van der Waals surface area contributed by atoms with Gasteiger partial charge in [-0.25, -0.2) is 8.42 Å². The number of carbonyl (C=O) groups excluding carboxylic acids is 2. The number of carbonyl (C=O) groups is 2. The highest BCUT2D eigenvalue weighted by Gasteiger charge is 2.34. The molecule has 10 nitrogen and oxygen atoms in total. The molecule has 3 aromatic carbocycles. The van der Waals surface area contributed by atoms with Crippen LogP contribution in [0.2, 0.25) is 5.02 Å². The molecule has 42 heavy (non-hydrogen) atoms. The van der Waals surface area contributed by atoms with Gasteiger partial charge in [0.15, 0.2) is 11.5 Å². The van der Waals surface area contributed by atoms with Crippen LogP contribution in [0.1, 0.15) is 19.4 Å². The van der Waals surface area contributed by atoms with Gasteiger partial charge in [0.1, 0.15) is 18.3 Å². The van der Waals surface area contributed by atoms with E-state index in [-0.39, 0.29) is 39.6 Å². The Hall–Kier alpha value is -3.48. The molecule has 2 amide bonds. The summed E-state index contributed by atoms with van der Waals surface area (Å²) in [6.45, 7) is 3.13. The number of benzene rings is 3. The number of hydrogen-bond donors (Lipinski definition) is 1. The molecule has 1 atom stereocenters. The summed E-state index contributed by atoms with van der Waals surface area (Å²) in [5, 5.41) is 2.96. The molecular formula is C29H33BrClN3O7S. The largest absolute Gasteiger partial charge is 0.495 e. The highest BCUT2D eigenvalue weighted by atomic mass is 79.9. The predicted octanol–water partition coefficient (Wildman–Crippen LogP) is 4.88. The summed E-state index contributed by atoms with van der Waals surface area (Å²) < 4.78 is 46.2. The van der Waals surface area contributed by atoms with Crippen molar-refractivity contribution < 1.29 is 32.2 Å². The number of ether oxygens (including phenoxy) is 3. The third kappa shape index (κ3) is 7.67. The first kappa shape index (κ1) is 33.0. The summed E-state index contributed by atoms with van der Waals surface area (Å²) in [5.41, 5.74) is 0.791. The zero-order valence-corrected chi connectivity index (χ0v) is 27.0. The molecular weight excluding hydrogens is 650 g/mol. The number of sulfonamides is 1. The average molecular weight is 683 g/mol. The molecule has 0 aliphatic carbocycles. The minimum Gasteiger partial charge on any atom is -0.495 e. The second-order valence-corrected chi connectivity index (χ2v) is 12.3. The maximum Gasteiger partial charge on any atom is 0.265 e. The van der Waals surface area contributed by atoms with E-state index in [1.807, 2.05) is 24.3 Å². The van der Waals surface area contributed by atoms with E-state index >= 15 is 0 Å². The first-order valence-electron chi connectivity index (χ1n) is 12.9. The fourth-order valence-electron chi connectivity index (χ4n) is 4.17. The number of nitrogens with zero attached hydrogens (tertiary/aromatic N) is 2. The van der Waals surface area contributed by atoms with Crippen LogP contribution in [0.4, 0.5) is 5.69 Å². The summed E-state index contributed by atoms with van der Waals surface area (Å²) in [5.74, 6) is -0.312. The van der Waals surface area contributed by atoms with Gasteiger partial charge >= 0.3 is 0 Å². The Kier molecular flexibility index (Phi) is 11.5. The van der Waals surface area contributed by atoms with Gasteiger partial charge < -0.3 is 24.4 Å². The topological polar surface area (TPSA) is 114 Å². The van der Waals surface area contributed by atoms with Gasteiger partial charge in [0.05, 0.1) is 31.9 Å². The molecule has 0 saturated carbocycles. The monoisotopic (exact) mass is 681 g/mol. The summed E-state index contributed by atoms with van der Waals surface area (Å²) in [6.07, 6.45) is 0. The van der Waals surface area contributed by atoms with Crippen molar-refractivity contribution in [2.75, 3.05) is 38.7 Å². The van der Waals surface area contributed by atoms with E-state index in [9.17, 15) is 18.0 Å². The van der Waals surface area contributed by atoms with Crippen molar-refractivity contribution in [3.05, 3.63) is 75.7 Å². The Morgan fingerprint density at radius 1 is 0.929 bits per heavy atom. The number of rotatable bonds is 13. The van der Waals surface area contributed by atoms with E-state index in [0.717, 1.165) is 14.3 Å². The van der Waals surface area contributed by atoms with Crippen molar-refractivity contribution in [2.45, 2.75) is 31.3 Å². The second-order valence-electron chi connectivity index (χ2n) is 9.06. The Morgan fingerprint density at radius 3 is 2.14 bits per heavy atom. The second kappa shape index (κ2) is 14.6. The minimum absolute atomic E-state index is 0.0439. The van der Waals surface area contributed by atoms with Crippen LogP contribution >= 0.6 is 27.5 Å². The van der Waals surface area contributed by atoms with Gasteiger partial charge in [-0.3, -0.25) is 13.9 Å². The Morgan fingerprint density at radius 2 is 1.55 bits per heavy atom. The summed E-state index contributed by atoms with van der Waals surface area (Å²) in [7, 11) is -0.216. The van der Waals surface area contributed by atoms with Crippen LogP contribution in [0.15, 0.2) is 70.0 Å². The molecule has 0 aromatic heterocycles. The molecule has 0 bridgehead atoms. The number of hydrogen-bond acceptors (Lipinski definition) is 7. The maximum atomic E-state index is 14.2. The molecule has 13 heteroatoms. The molecule has 0 heterocycles. The quantitative estimate of drug-likeness (QED) is 0.274. The number of anilines is 1. The van der Waals surface area contributed by atoms with Crippen LogP contribution in [0.3, 0.4) is 0 Å². The lowest BCUT2D eigenvalue weighted by atomic mass is 10.1. The molecule has 0 unspecified atom stereocenters. The van der Waals surface area contributed by atoms with Gasteiger partial charge in [-0.15, -0.1) is 0 Å². The van der Waals surface area contributed by atoms with E-state index in [1.54, 1.807) is 19.9 Å². The van der Waals surface area contributed by atoms with Gasteiger partial charge in [0, 0.05) is 28.7 Å². The summed E-state index contributed by atoms with van der Waals surface area (Å²) >= 11 is 9.68. The normalized spacial score (nSPS) is 11.8. The molecule has 226 valence electrons. The number of amides is 2. The summed E-state index contributed by atoms with van der Waals surface area (Å²) in [6, 6.07) is 14.9. The van der Waals surface area contributed by atoms with Crippen molar-refractivity contribution >= 4 is 55.1 Å². The lowest BCUT2D eigenvalue weighted by Gasteiger charge is -2.32. The van der Waals surface area contributed by atoms with Crippen LogP contribution in [0, 0.1) is 0 Å². The maximum absolute atomic E-state index is 14.2. The van der Waals surface area contributed by atoms with Crippen molar-refractivity contribution in [1.29, 1.82) is 0 Å². The van der Waals surface area contributed by atoms with Crippen molar-refractivity contribution in [3.63, 3.8) is 0 Å². The number of nitrogens with one attached hydrogen (secondary N) is 1. The van der Waals surface area contributed by atoms with Crippen LogP contribution in [0.25, 0.3) is 0 Å². The molecule has 0 aliphatic heterocycles. The van der Waals surface area contributed by atoms with Gasteiger partial charge in [-0.1, -0.05) is 39.7 Å². The first-order valence-corrected chi connectivity index (χ1v) is 15.5. The third-order valence-electron chi connectivity index (χ3n) is 6.42. The molecule has 0 spiro atoms. The van der Waals surface area contributed by atoms with Crippen molar-refractivity contribution in [2.24, 2.45) is 0 Å². The van der Waals surface area contributed by atoms with Gasteiger partial charge in [-0.05, 0) is 61.9 Å². The smallest absolute Gasteiger partial charge is 0.265 e. The fraction of sp³-hybridized carbons (Fsp3) is 0.310. The van der Waals surface area contributed by atoms with Gasteiger partial charge in [-0.2, -0.15) is 0 Å². The zero-order valence-electron chi connectivity index (χ0n) is 23.9. The summed E-state index contributed by atoms with van der Waals surface area (Å²) in [4.78, 5) is 28.1. The fourth-order valence-corrected chi connectivity index (χ4v) is 6.03. The molecule has 0 aliphatic rings. The molecule has 0 radical (unpaired) electrons.